The van der Waals surface area contributed by atoms with Crippen LogP contribution in [0.3, 0.4) is 0 Å². The number of nitrogens with two attached hydrogens (primary N) is 1. The zero-order valence-corrected chi connectivity index (χ0v) is 10.8. The van der Waals surface area contributed by atoms with Crippen LogP contribution in [0.15, 0.2) is 24.4 Å². The zero-order valence-electron chi connectivity index (χ0n) is 10.1. The molecule has 5 nitrogen and oxygen atoms in total. The summed E-state index contributed by atoms with van der Waals surface area (Å²) in [6.07, 6.45) is 1.58. The van der Waals surface area contributed by atoms with Crippen molar-refractivity contribution in [2.75, 3.05) is 18.2 Å². The molecule has 0 bridgehead atoms. The van der Waals surface area contributed by atoms with E-state index in [0.29, 0.717) is 16.6 Å². The minimum absolute atomic E-state index is 0.213. The van der Waals surface area contributed by atoms with Crippen molar-refractivity contribution in [3.8, 4) is 5.75 Å². The Hall–Kier alpha value is -2.01. The molecule has 3 N–H and O–H groups in total. The summed E-state index contributed by atoms with van der Waals surface area (Å²) in [5.74, 6) is 1.45. The van der Waals surface area contributed by atoms with Crippen LogP contribution in [0.2, 0.25) is 5.02 Å². The molecule has 1 heterocycles. The van der Waals surface area contributed by atoms with Gasteiger partial charge in [0.05, 0.1) is 12.8 Å². The molecule has 0 saturated carbocycles. The van der Waals surface area contributed by atoms with Crippen LogP contribution in [0.5, 0.6) is 5.75 Å². The van der Waals surface area contributed by atoms with Crippen molar-refractivity contribution < 1.29 is 4.74 Å². The minimum atomic E-state index is 0.213. The maximum absolute atomic E-state index is 6.04. The number of aryl methyl sites for hydroxylation is 1. The molecular weight excluding hydrogens is 252 g/mol. The number of methoxy groups -OCH3 is 1. The van der Waals surface area contributed by atoms with E-state index in [1.54, 1.807) is 25.4 Å². The molecule has 0 radical (unpaired) electrons. The topological polar surface area (TPSA) is 73.1 Å². The van der Waals surface area contributed by atoms with Gasteiger partial charge in [0, 0.05) is 17.3 Å². The summed E-state index contributed by atoms with van der Waals surface area (Å²) in [6.45, 7) is 1.92. The molecule has 0 aliphatic rings. The third kappa shape index (κ3) is 2.62. The number of halogens is 1. The van der Waals surface area contributed by atoms with Crippen LogP contribution in [0.25, 0.3) is 0 Å². The number of anilines is 3. The Balaban J connectivity index is 2.36. The highest BCUT2D eigenvalue weighted by Crippen LogP contribution is 2.32. The molecule has 0 aliphatic heterocycles. The van der Waals surface area contributed by atoms with Crippen LogP contribution >= 0.6 is 11.6 Å². The molecule has 0 atom stereocenters. The van der Waals surface area contributed by atoms with Gasteiger partial charge in [-0.1, -0.05) is 11.6 Å². The summed E-state index contributed by atoms with van der Waals surface area (Å²) in [7, 11) is 1.58. The van der Waals surface area contributed by atoms with Crippen molar-refractivity contribution in [2.24, 2.45) is 0 Å². The fourth-order valence-corrected chi connectivity index (χ4v) is 1.66. The van der Waals surface area contributed by atoms with Gasteiger partial charge in [0.15, 0.2) is 0 Å². The maximum atomic E-state index is 6.04. The highest BCUT2D eigenvalue weighted by Gasteiger charge is 2.08. The van der Waals surface area contributed by atoms with E-state index in [-0.39, 0.29) is 5.95 Å². The van der Waals surface area contributed by atoms with E-state index in [9.17, 15) is 0 Å². The number of nitrogens with zero attached hydrogens (tertiary/aromatic N) is 2. The highest BCUT2D eigenvalue weighted by atomic mass is 35.5. The summed E-state index contributed by atoms with van der Waals surface area (Å²) >= 11 is 6.04. The van der Waals surface area contributed by atoms with Gasteiger partial charge in [-0.05, 0) is 24.6 Å². The van der Waals surface area contributed by atoms with Gasteiger partial charge in [0.1, 0.15) is 11.6 Å². The number of hydrogen-bond acceptors (Lipinski definition) is 5. The second-order valence-corrected chi connectivity index (χ2v) is 4.13. The molecule has 1 aromatic carbocycles. The van der Waals surface area contributed by atoms with Crippen LogP contribution in [0, 0.1) is 6.92 Å². The number of ether oxygens (including phenoxy) is 1. The number of benzene rings is 1. The molecule has 94 valence electrons. The Morgan fingerprint density at radius 2 is 2.17 bits per heavy atom. The average Bonchev–Trinajstić information content (AvgIpc) is 2.33. The van der Waals surface area contributed by atoms with Gasteiger partial charge >= 0.3 is 0 Å². The predicted octanol–water partition coefficient (Wildman–Crippen LogP) is 2.77. The predicted molar refractivity (Wildman–Crippen MR) is 72.5 cm³/mol. The SMILES string of the molecule is COc1cc(Cl)c(C)cc1Nc1ccnc(N)n1. The lowest BCUT2D eigenvalue weighted by Crippen LogP contribution is -2.00. The monoisotopic (exact) mass is 264 g/mol. The van der Waals surface area contributed by atoms with E-state index < -0.39 is 0 Å². The Bertz CT molecular complexity index is 574. The van der Waals surface area contributed by atoms with Crippen molar-refractivity contribution in [3.05, 3.63) is 35.0 Å². The highest BCUT2D eigenvalue weighted by molar-refractivity contribution is 6.31. The van der Waals surface area contributed by atoms with Gasteiger partial charge in [-0.3, -0.25) is 0 Å². The first-order valence-corrected chi connectivity index (χ1v) is 5.67. The number of nitrogen functional groups attached to an aromatic ring is 1. The minimum Gasteiger partial charge on any atom is -0.495 e. The second-order valence-electron chi connectivity index (χ2n) is 3.73. The van der Waals surface area contributed by atoms with Crippen LogP contribution < -0.4 is 15.8 Å². The first-order chi connectivity index (χ1) is 8.60. The number of aromatic nitrogens is 2. The van der Waals surface area contributed by atoms with E-state index in [1.165, 1.54) is 0 Å². The Morgan fingerprint density at radius 1 is 1.39 bits per heavy atom. The van der Waals surface area contributed by atoms with E-state index in [2.05, 4.69) is 15.3 Å². The van der Waals surface area contributed by atoms with Crippen molar-refractivity contribution in [2.45, 2.75) is 6.92 Å². The summed E-state index contributed by atoms with van der Waals surface area (Å²) in [4.78, 5) is 7.89. The molecule has 0 aliphatic carbocycles. The third-order valence-electron chi connectivity index (χ3n) is 2.42. The quantitative estimate of drug-likeness (QED) is 0.892. The average molecular weight is 265 g/mol. The molecule has 2 rings (SSSR count). The van der Waals surface area contributed by atoms with Gasteiger partial charge in [0.25, 0.3) is 0 Å². The van der Waals surface area contributed by atoms with E-state index >= 15 is 0 Å². The van der Waals surface area contributed by atoms with E-state index in [4.69, 9.17) is 22.1 Å². The smallest absolute Gasteiger partial charge is 0.221 e. The van der Waals surface area contributed by atoms with Gasteiger partial charge in [-0.15, -0.1) is 0 Å². The van der Waals surface area contributed by atoms with Gasteiger partial charge in [-0.2, -0.15) is 4.98 Å². The number of rotatable bonds is 3. The first-order valence-electron chi connectivity index (χ1n) is 5.30. The third-order valence-corrected chi connectivity index (χ3v) is 2.82. The standard InChI is InChI=1S/C12H13ClN4O/c1-7-5-9(10(18-2)6-8(7)13)16-11-3-4-15-12(14)17-11/h3-6H,1-2H3,(H3,14,15,16,17). The van der Waals surface area contributed by atoms with Crippen molar-refractivity contribution in [1.29, 1.82) is 0 Å². The second kappa shape index (κ2) is 5.10. The molecule has 0 saturated heterocycles. The summed E-state index contributed by atoms with van der Waals surface area (Å²) in [5, 5.41) is 3.77. The van der Waals surface area contributed by atoms with Gasteiger partial charge in [-0.25, -0.2) is 4.98 Å². The van der Waals surface area contributed by atoms with Crippen molar-refractivity contribution >= 4 is 29.1 Å². The van der Waals surface area contributed by atoms with Crippen LogP contribution in [-0.2, 0) is 0 Å². The largest absolute Gasteiger partial charge is 0.495 e. The molecule has 0 amide bonds. The lowest BCUT2D eigenvalue weighted by Gasteiger charge is -2.12. The van der Waals surface area contributed by atoms with E-state index in [1.807, 2.05) is 13.0 Å². The Morgan fingerprint density at radius 3 is 2.83 bits per heavy atom. The van der Waals surface area contributed by atoms with Crippen LogP contribution in [-0.4, -0.2) is 17.1 Å². The molecule has 1 aromatic heterocycles. The zero-order chi connectivity index (χ0) is 13.1. The molecule has 0 spiro atoms. The Kier molecular flexibility index (Phi) is 3.53. The van der Waals surface area contributed by atoms with Crippen molar-refractivity contribution in [3.63, 3.8) is 0 Å². The Labute approximate surface area is 110 Å². The summed E-state index contributed by atoms with van der Waals surface area (Å²) in [5.41, 5.74) is 7.24. The van der Waals surface area contributed by atoms with Gasteiger partial charge in [0.2, 0.25) is 5.95 Å². The molecule has 2 aromatic rings. The fraction of sp³-hybridized carbons (Fsp3) is 0.167. The molecule has 18 heavy (non-hydrogen) atoms. The molecular formula is C12H13ClN4O. The number of nitrogens with one attached hydrogen (secondary N) is 1. The number of hydrogen-bond donors (Lipinski definition) is 2. The lowest BCUT2D eigenvalue weighted by molar-refractivity contribution is 0.416. The van der Waals surface area contributed by atoms with Gasteiger partial charge < -0.3 is 15.8 Å². The summed E-state index contributed by atoms with van der Waals surface area (Å²) < 4.78 is 5.26. The van der Waals surface area contributed by atoms with Crippen LogP contribution in [0.1, 0.15) is 5.56 Å². The lowest BCUT2D eigenvalue weighted by atomic mass is 10.2. The van der Waals surface area contributed by atoms with Crippen molar-refractivity contribution in [1.82, 2.24) is 9.97 Å². The molecule has 6 heteroatoms. The fourth-order valence-electron chi connectivity index (χ4n) is 1.51. The van der Waals surface area contributed by atoms with E-state index in [0.717, 1.165) is 11.3 Å². The van der Waals surface area contributed by atoms with Crippen LogP contribution in [0.4, 0.5) is 17.5 Å². The molecule has 0 fully saturated rings. The first kappa shape index (κ1) is 12.4. The normalized spacial score (nSPS) is 10.2. The summed E-state index contributed by atoms with van der Waals surface area (Å²) in [6, 6.07) is 5.36. The molecule has 0 unspecified atom stereocenters. The maximum Gasteiger partial charge on any atom is 0.221 e.